The van der Waals surface area contributed by atoms with Crippen molar-refractivity contribution in [2.24, 2.45) is 0 Å². The van der Waals surface area contributed by atoms with Crippen molar-refractivity contribution in [1.29, 1.82) is 5.26 Å². The van der Waals surface area contributed by atoms with Gasteiger partial charge in [0.1, 0.15) is 24.2 Å². The molecule has 1 aromatic heterocycles. The molecule has 8 nitrogen and oxygen atoms in total. The van der Waals surface area contributed by atoms with E-state index in [4.69, 9.17) is 9.47 Å². The van der Waals surface area contributed by atoms with Crippen LogP contribution in [0.1, 0.15) is 36.8 Å². The van der Waals surface area contributed by atoms with Crippen molar-refractivity contribution < 1.29 is 9.47 Å². The van der Waals surface area contributed by atoms with Gasteiger partial charge in [-0.05, 0) is 43.4 Å². The first-order chi connectivity index (χ1) is 14.7. The second kappa shape index (κ2) is 8.00. The molecule has 1 aliphatic carbocycles. The molecule has 1 unspecified atom stereocenters. The fourth-order valence-electron chi connectivity index (χ4n) is 4.59. The lowest BCUT2D eigenvalue weighted by Gasteiger charge is -2.31. The summed E-state index contributed by atoms with van der Waals surface area (Å²) in [7, 11) is 0. The van der Waals surface area contributed by atoms with Gasteiger partial charge in [0.15, 0.2) is 0 Å². The van der Waals surface area contributed by atoms with E-state index in [9.17, 15) is 10.1 Å². The highest BCUT2D eigenvalue weighted by atomic mass is 16.5. The Kier molecular flexibility index (Phi) is 5.05. The monoisotopic (exact) mass is 407 g/mol. The van der Waals surface area contributed by atoms with E-state index in [2.05, 4.69) is 21.3 Å². The van der Waals surface area contributed by atoms with Gasteiger partial charge >= 0.3 is 5.69 Å². The fourth-order valence-corrected chi connectivity index (χ4v) is 4.59. The summed E-state index contributed by atoms with van der Waals surface area (Å²) in [6.45, 7) is 3.52. The van der Waals surface area contributed by atoms with Crippen LogP contribution in [0.15, 0.2) is 29.1 Å². The maximum absolute atomic E-state index is 12.5. The lowest BCUT2D eigenvalue weighted by Crippen LogP contribution is -2.49. The van der Waals surface area contributed by atoms with Gasteiger partial charge in [0.25, 0.3) is 0 Å². The van der Waals surface area contributed by atoms with E-state index >= 15 is 0 Å². The lowest BCUT2D eigenvalue weighted by molar-refractivity contribution is 0.209. The minimum atomic E-state index is -0.282. The Labute approximate surface area is 175 Å². The molecule has 3 heterocycles. The van der Waals surface area contributed by atoms with Gasteiger partial charge in [-0.1, -0.05) is 6.07 Å². The molecule has 1 saturated heterocycles. The van der Waals surface area contributed by atoms with E-state index in [1.165, 1.54) is 12.8 Å². The van der Waals surface area contributed by atoms with Crippen molar-refractivity contribution >= 4 is 5.82 Å². The minimum absolute atomic E-state index is 0.205. The molecule has 2 aromatic rings. The standard InChI is InChI=1S/C22H25N5O3/c23-11-16-9-15(5-6-19(16)30-18-3-1-2-4-18)14-29-20-10-21-26-8-7-24-12-17(26)13-27(21)22(28)25-20/h5-6,9-10,17-18,24H,1-4,7-8,12-14H2. The summed E-state index contributed by atoms with van der Waals surface area (Å²) in [5.74, 6) is 1.82. The predicted molar refractivity (Wildman–Crippen MR) is 111 cm³/mol. The maximum atomic E-state index is 12.5. The summed E-state index contributed by atoms with van der Waals surface area (Å²) in [5, 5.41) is 12.9. The smallest absolute Gasteiger partial charge is 0.352 e. The molecule has 3 aliphatic rings. The van der Waals surface area contributed by atoms with Gasteiger partial charge in [-0.15, -0.1) is 0 Å². The Hall–Kier alpha value is -3.05. The summed E-state index contributed by atoms with van der Waals surface area (Å²) < 4.78 is 13.6. The largest absolute Gasteiger partial charge is 0.489 e. The number of ether oxygens (including phenoxy) is 2. The Morgan fingerprint density at radius 1 is 1.27 bits per heavy atom. The van der Waals surface area contributed by atoms with Crippen molar-refractivity contribution in [1.82, 2.24) is 14.9 Å². The van der Waals surface area contributed by atoms with Gasteiger partial charge in [0.2, 0.25) is 5.88 Å². The summed E-state index contributed by atoms with van der Waals surface area (Å²) in [5.41, 5.74) is 1.07. The molecule has 5 rings (SSSR count). The van der Waals surface area contributed by atoms with Crippen molar-refractivity contribution in [2.45, 2.75) is 51.0 Å². The minimum Gasteiger partial charge on any atom is -0.489 e. The second-order valence-corrected chi connectivity index (χ2v) is 8.15. The summed E-state index contributed by atoms with van der Waals surface area (Å²) in [4.78, 5) is 18.8. The van der Waals surface area contributed by atoms with E-state index < -0.39 is 0 Å². The number of anilines is 1. The zero-order valence-corrected chi connectivity index (χ0v) is 16.8. The number of nitrogens with zero attached hydrogens (tertiary/aromatic N) is 4. The third kappa shape index (κ3) is 3.61. The number of aromatic nitrogens is 2. The van der Waals surface area contributed by atoms with Crippen molar-refractivity contribution in [2.75, 3.05) is 24.5 Å². The first-order valence-electron chi connectivity index (χ1n) is 10.6. The van der Waals surface area contributed by atoms with E-state index in [0.717, 1.165) is 43.9 Å². The normalized spacial score (nSPS) is 20.5. The molecule has 156 valence electrons. The van der Waals surface area contributed by atoms with Gasteiger partial charge in [-0.3, -0.25) is 4.57 Å². The highest BCUT2D eigenvalue weighted by Crippen LogP contribution is 2.29. The fraction of sp³-hybridized carbons (Fsp3) is 0.500. The van der Waals surface area contributed by atoms with Crippen LogP contribution in [0, 0.1) is 11.3 Å². The van der Waals surface area contributed by atoms with Crippen LogP contribution >= 0.6 is 0 Å². The molecule has 30 heavy (non-hydrogen) atoms. The van der Waals surface area contributed by atoms with Gasteiger partial charge in [0.05, 0.1) is 24.3 Å². The second-order valence-electron chi connectivity index (χ2n) is 8.15. The third-order valence-corrected chi connectivity index (χ3v) is 6.15. The van der Waals surface area contributed by atoms with Gasteiger partial charge in [-0.2, -0.15) is 10.2 Å². The van der Waals surface area contributed by atoms with E-state index in [-0.39, 0.29) is 24.4 Å². The summed E-state index contributed by atoms with van der Waals surface area (Å²) in [6.07, 6.45) is 4.66. The molecule has 0 bridgehead atoms. The maximum Gasteiger partial charge on any atom is 0.352 e. The van der Waals surface area contributed by atoms with Gasteiger partial charge in [0, 0.05) is 25.7 Å². The number of piperazine rings is 1. The Bertz CT molecular complexity index is 1040. The number of nitriles is 1. The van der Waals surface area contributed by atoms with Crippen LogP contribution in [-0.2, 0) is 13.2 Å². The molecule has 8 heteroatoms. The number of fused-ring (bicyclic) bond motifs is 3. The van der Waals surface area contributed by atoms with Crippen LogP contribution in [0.4, 0.5) is 5.82 Å². The first kappa shape index (κ1) is 18.9. The molecular formula is C22H25N5O3. The number of nitrogens with one attached hydrogen (secondary N) is 1. The predicted octanol–water partition coefficient (Wildman–Crippen LogP) is 1.81. The zero-order chi connectivity index (χ0) is 20.5. The number of hydrogen-bond acceptors (Lipinski definition) is 7. The van der Waals surface area contributed by atoms with Crippen LogP contribution in [0.3, 0.4) is 0 Å². The van der Waals surface area contributed by atoms with Gasteiger partial charge < -0.3 is 19.7 Å². The van der Waals surface area contributed by atoms with E-state index in [1.54, 1.807) is 10.6 Å². The van der Waals surface area contributed by atoms with Crippen LogP contribution in [0.2, 0.25) is 0 Å². The number of rotatable bonds is 5. The van der Waals surface area contributed by atoms with Crippen molar-refractivity contribution in [3.05, 3.63) is 45.9 Å². The number of benzene rings is 1. The zero-order valence-electron chi connectivity index (χ0n) is 16.8. The summed E-state index contributed by atoms with van der Waals surface area (Å²) in [6, 6.07) is 9.88. The van der Waals surface area contributed by atoms with Crippen molar-refractivity contribution in [3.8, 4) is 17.7 Å². The first-order valence-corrected chi connectivity index (χ1v) is 10.6. The van der Waals surface area contributed by atoms with Crippen LogP contribution in [-0.4, -0.2) is 41.3 Å². The molecule has 2 aliphatic heterocycles. The molecule has 2 fully saturated rings. The van der Waals surface area contributed by atoms with E-state index in [1.807, 2.05) is 18.2 Å². The van der Waals surface area contributed by atoms with Crippen LogP contribution < -0.4 is 25.4 Å². The molecule has 0 spiro atoms. The Morgan fingerprint density at radius 3 is 2.97 bits per heavy atom. The molecular weight excluding hydrogens is 382 g/mol. The molecule has 0 radical (unpaired) electrons. The average molecular weight is 407 g/mol. The highest BCUT2D eigenvalue weighted by Gasteiger charge is 2.32. The third-order valence-electron chi connectivity index (χ3n) is 6.15. The Morgan fingerprint density at radius 2 is 2.13 bits per heavy atom. The molecule has 1 atom stereocenters. The highest BCUT2D eigenvalue weighted by molar-refractivity contribution is 5.48. The van der Waals surface area contributed by atoms with Gasteiger partial charge in [-0.25, -0.2) is 4.79 Å². The topological polar surface area (TPSA) is 92.4 Å². The number of hydrogen-bond donors (Lipinski definition) is 1. The molecule has 1 N–H and O–H groups in total. The molecule has 1 aromatic carbocycles. The van der Waals surface area contributed by atoms with Crippen LogP contribution in [0.25, 0.3) is 0 Å². The Balaban J connectivity index is 1.30. The lowest BCUT2D eigenvalue weighted by atomic mass is 10.1. The molecule has 0 amide bonds. The SMILES string of the molecule is N#Cc1cc(COc2cc3n(c(=O)n2)CC2CNCCN32)ccc1OC1CCCC1. The molecule has 1 saturated carbocycles. The van der Waals surface area contributed by atoms with Crippen molar-refractivity contribution in [3.63, 3.8) is 0 Å². The quantitative estimate of drug-likeness (QED) is 0.808. The van der Waals surface area contributed by atoms with E-state index in [0.29, 0.717) is 23.7 Å². The summed E-state index contributed by atoms with van der Waals surface area (Å²) >= 11 is 0. The van der Waals surface area contributed by atoms with Crippen LogP contribution in [0.5, 0.6) is 11.6 Å². The average Bonchev–Trinajstić information content (AvgIpc) is 3.41.